The molecule has 0 aliphatic carbocycles. The number of hydrogen-bond donors (Lipinski definition) is 2. The van der Waals surface area contributed by atoms with Crippen LogP contribution in [-0.4, -0.2) is 24.4 Å². The Morgan fingerprint density at radius 1 is 1.30 bits per heavy atom. The highest BCUT2D eigenvalue weighted by atomic mass is 16.7. The van der Waals surface area contributed by atoms with Crippen LogP contribution in [0.25, 0.3) is 10.8 Å². The number of benzene rings is 1. The van der Waals surface area contributed by atoms with Crippen molar-refractivity contribution in [2.24, 2.45) is 11.7 Å². The molecule has 0 bridgehead atoms. The number of aromatic nitrogens is 1. The van der Waals surface area contributed by atoms with Crippen LogP contribution in [0.3, 0.4) is 0 Å². The number of nitrogens with one attached hydrogen (secondary N) is 1. The zero-order chi connectivity index (χ0) is 14.1. The zero-order valence-corrected chi connectivity index (χ0v) is 11.7. The van der Waals surface area contributed by atoms with E-state index in [2.05, 4.69) is 24.1 Å². The molecule has 0 radical (unpaired) electrons. The molecule has 1 aliphatic rings. The number of nitrogens with zero attached hydrogens (tertiary/aromatic N) is 1. The van der Waals surface area contributed by atoms with E-state index in [-0.39, 0.29) is 12.8 Å². The third-order valence-corrected chi connectivity index (χ3v) is 3.85. The molecular weight excluding hydrogens is 254 g/mol. The fourth-order valence-corrected chi connectivity index (χ4v) is 2.24. The molecule has 0 amide bonds. The van der Waals surface area contributed by atoms with E-state index < -0.39 is 0 Å². The Hall–Kier alpha value is -2.01. The number of rotatable bonds is 4. The fraction of sp³-hybridized carbons (Fsp3) is 0.400. The Morgan fingerprint density at radius 3 is 2.80 bits per heavy atom. The smallest absolute Gasteiger partial charge is 0.231 e. The Morgan fingerprint density at radius 2 is 2.05 bits per heavy atom. The molecule has 0 spiro atoms. The summed E-state index contributed by atoms with van der Waals surface area (Å²) in [4.78, 5) is 4.44. The van der Waals surface area contributed by atoms with Gasteiger partial charge in [0, 0.05) is 17.6 Å². The van der Waals surface area contributed by atoms with Crippen molar-refractivity contribution in [2.45, 2.75) is 19.9 Å². The molecule has 5 nitrogen and oxygen atoms in total. The van der Waals surface area contributed by atoms with Crippen molar-refractivity contribution in [3.05, 3.63) is 24.4 Å². The van der Waals surface area contributed by atoms with E-state index >= 15 is 0 Å². The Labute approximate surface area is 118 Å². The average Bonchev–Trinajstić information content (AvgIpc) is 2.91. The molecule has 3 N–H and O–H groups in total. The van der Waals surface area contributed by atoms with Crippen LogP contribution >= 0.6 is 0 Å². The first-order valence-electron chi connectivity index (χ1n) is 6.84. The summed E-state index contributed by atoms with van der Waals surface area (Å²) < 4.78 is 10.8. The van der Waals surface area contributed by atoms with Crippen LogP contribution in [0.1, 0.15) is 13.8 Å². The third-order valence-electron chi connectivity index (χ3n) is 3.85. The standard InChI is InChI=1S/C15H19N3O2/c1-9(7-16)10(2)18-15-12-6-14-13(19-8-20-14)5-11(12)3-4-17-15/h3-6,9-10H,7-8,16H2,1-2H3,(H,17,18). The predicted octanol–water partition coefficient (Wildman–Crippen LogP) is 2.36. The Kier molecular flexibility index (Phi) is 3.36. The summed E-state index contributed by atoms with van der Waals surface area (Å²) in [6.45, 7) is 5.16. The van der Waals surface area contributed by atoms with Crippen molar-refractivity contribution < 1.29 is 9.47 Å². The van der Waals surface area contributed by atoms with Crippen molar-refractivity contribution in [1.29, 1.82) is 0 Å². The van der Waals surface area contributed by atoms with Gasteiger partial charge in [0.2, 0.25) is 6.79 Å². The minimum absolute atomic E-state index is 0.253. The van der Waals surface area contributed by atoms with Crippen LogP contribution < -0.4 is 20.5 Å². The fourth-order valence-electron chi connectivity index (χ4n) is 2.24. The van der Waals surface area contributed by atoms with Crippen LogP contribution in [0.4, 0.5) is 5.82 Å². The van der Waals surface area contributed by atoms with Gasteiger partial charge in [0.15, 0.2) is 11.5 Å². The molecule has 2 unspecified atom stereocenters. The van der Waals surface area contributed by atoms with Gasteiger partial charge in [-0.3, -0.25) is 0 Å². The lowest BCUT2D eigenvalue weighted by molar-refractivity contribution is 0.174. The second kappa shape index (κ2) is 5.17. The molecule has 20 heavy (non-hydrogen) atoms. The second-order valence-corrected chi connectivity index (χ2v) is 5.23. The highest BCUT2D eigenvalue weighted by molar-refractivity contribution is 5.94. The highest BCUT2D eigenvalue weighted by Crippen LogP contribution is 2.37. The number of nitrogens with two attached hydrogens (primary N) is 1. The van der Waals surface area contributed by atoms with Gasteiger partial charge in [-0.05, 0) is 43.0 Å². The van der Waals surface area contributed by atoms with Crippen molar-refractivity contribution in [2.75, 3.05) is 18.7 Å². The van der Waals surface area contributed by atoms with Gasteiger partial charge in [0.05, 0.1) is 0 Å². The molecule has 2 aromatic rings. The van der Waals surface area contributed by atoms with Crippen molar-refractivity contribution >= 4 is 16.6 Å². The lowest BCUT2D eigenvalue weighted by Crippen LogP contribution is -2.29. The van der Waals surface area contributed by atoms with Gasteiger partial charge in [-0.15, -0.1) is 0 Å². The minimum Gasteiger partial charge on any atom is -0.454 e. The number of pyridine rings is 1. The molecule has 0 fully saturated rings. The molecule has 3 rings (SSSR count). The lowest BCUT2D eigenvalue weighted by atomic mass is 10.0. The van der Waals surface area contributed by atoms with E-state index in [4.69, 9.17) is 15.2 Å². The van der Waals surface area contributed by atoms with Crippen LogP contribution in [0, 0.1) is 5.92 Å². The normalized spacial score (nSPS) is 16.1. The van der Waals surface area contributed by atoms with Gasteiger partial charge in [-0.25, -0.2) is 4.98 Å². The zero-order valence-electron chi connectivity index (χ0n) is 11.7. The van der Waals surface area contributed by atoms with Gasteiger partial charge in [0.1, 0.15) is 5.82 Å². The number of fused-ring (bicyclic) bond motifs is 2. The largest absolute Gasteiger partial charge is 0.454 e. The van der Waals surface area contributed by atoms with Crippen molar-refractivity contribution in [1.82, 2.24) is 4.98 Å². The van der Waals surface area contributed by atoms with Gasteiger partial charge in [-0.2, -0.15) is 0 Å². The van der Waals surface area contributed by atoms with E-state index in [1.807, 2.05) is 18.2 Å². The summed E-state index contributed by atoms with van der Waals surface area (Å²) in [5, 5.41) is 5.56. The molecule has 0 saturated heterocycles. The average molecular weight is 273 g/mol. The topological polar surface area (TPSA) is 69.4 Å². The number of ether oxygens (including phenoxy) is 2. The SMILES string of the molecule is CC(CN)C(C)Nc1nccc2cc3c(cc12)OCO3. The lowest BCUT2D eigenvalue weighted by Gasteiger charge is -2.21. The maximum Gasteiger partial charge on any atom is 0.231 e. The quantitative estimate of drug-likeness (QED) is 0.895. The Balaban J connectivity index is 1.99. The summed E-state index contributed by atoms with van der Waals surface area (Å²) in [5.74, 6) is 2.79. The van der Waals surface area contributed by atoms with Gasteiger partial charge in [-0.1, -0.05) is 6.92 Å². The van der Waals surface area contributed by atoms with Crippen molar-refractivity contribution in [3.8, 4) is 11.5 Å². The second-order valence-electron chi connectivity index (χ2n) is 5.23. The monoisotopic (exact) mass is 273 g/mol. The number of hydrogen-bond acceptors (Lipinski definition) is 5. The van der Waals surface area contributed by atoms with E-state index in [1.54, 1.807) is 6.20 Å². The first-order valence-corrected chi connectivity index (χ1v) is 6.84. The number of anilines is 1. The summed E-state index contributed by atoms with van der Waals surface area (Å²) in [5.41, 5.74) is 5.72. The molecule has 1 aliphatic heterocycles. The highest BCUT2D eigenvalue weighted by Gasteiger charge is 2.17. The molecule has 5 heteroatoms. The molecule has 1 aromatic heterocycles. The Bertz CT molecular complexity index is 630. The molecule has 0 saturated carbocycles. The van der Waals surface area contributed by atoms with Crippen LogP contribution in [0.5, 0.6) is 11.5 Å². The van der Waals surface area contributed by atoms with Gasteiger partial charge >= 0.3 is 0 Å². The molecular formula is C15H19N3O2. The molecule has 1 aromatic carbocycles. The van der Waals surface area contributed by atoms with E-state index in [0.717, 1.165) is 28.1 Å². The van der Waals surface area contributed by atoms with E-state index in [1.165, 1.54) is 0 Å². The summed E-state index contributed by atoms with van der Waals surface area (Å²) in [6, 6.07) is 6.19. The minimum atomic E-state index is 0.253. The van der Waals surface area contributed by atoms with Gasteiger partial charge < -0.3 is 20.5 Å². The maximum atomic E-state index is 5.72. The van der Waals surface area contributed by atoms with E-state index in [9.17, 15) is 0 Å². The van der Waals surface area contributed by atoms with Crippen molar-refractivity contribution in [3.63, 3.8) is 0 Å². The van der Waals surface area contributed by atoms with Crippen LogP contribution in [0.15, 0.2) is 24.4 Å². The molecule has 106 valence electrons. The predicted molar refractivity (Wildman–Crippen MR) is 79.2 cm³/mol. The third kappa shape index (κ3) is 2.25. The molecule has 2 atom stereocenters. The van der Waals surface area contributed by atoms with Crippen LogP contribution in [-0.2, 0) is 0 Å². The first kappa shape index (κ1) is 13.0. The summed E-state index contributed by atoms with van der Waals surface area (Å²) >= 11 is 0. The van der Waals surface area contributed by atoms with Crippen LogP contribution in [0.2, 0.25) is 0 Å². The molecule has 2 heterocycles. The summed E-state index contributed by atoms with van der Waals surface area (Å²) in [6.07, 6.45) is 1.80. The first-order chi connectivity index (χ1) is 9.69. The van der Waals surface area contributed by atoms with Gasteiger partial charge in [0.25, 0.3) is 0 Å². The maximum absolute atomic E-state index is 5.72. The van der Waals surface area contributed by atoms with E-state index in [0.29, 0.717) is 12.5 Å². The summed E-state index contributed by atoms with van der Waals surface area (Å²) in [7, 11) is 0.